The fourth-order valence-corrected chi connectivity index (χ4v) is 12.7. The van der Waals surface area contributed by atoms with E-state index in [1.54, 1.807) is 24.3 Å². The number of para-hydroxylation sites is 1. The summed E-state index contributed by atoms with van der Waals surface area (Å²) in [6.45, 7) is -0.310. The minimum atomic E-state index is -2.05. The largest absolute Gasteiger partial charge is 0.508 e. The number of hydrogen-bond donors (Lipinski definition) is 25. The van der Waals surface area contributed by atoms with Crippen molar-refractivity contribution in [2.45, 2.75) is 182 Å². The molecule has 6 rings (SSSR count). The Morgan fingerprint density at radius 2 is 1.28 bits per heavy atom. The second-order valence-electron chi connectivity index (χ2n) is 26.7. The maximum absolute atomic E-state index is 15.1. The molecule has 13 atom stereocenters. The molecule has 0 aliphatic carbocycles. The van der Waals surface area contributed by atoms with Gasteiger partial charge in [-0.3, -0.25) is 77.2 Å². The summed E-state index contributed by atoms with van der Waals surface area (Å²) in [4.78, 5) is 227. The summed E-state index contributed by atoms with van der Waals surface area (Å²) in [5, 5.41) is 90.1. The third-order valence-electron chi connectivity index (χ3n) is 18.2. The number of carboxylic acid groups (broad SMARTS) is 2. The molecule has 4 aromatic rings. The average molecular weight is 1620 g/mol. The number of aliphatic carboxylic acids is 2. The highest BCUT2D eigenvalue weighted by molar-refractivity contribution is 7.80. The van der Waals surface area contributed by atoms with Crippen molar-refractivity contribution in [1.82, 2.24) is 94.0 Å². The van der Waals surface area contributed by atoms with E-state index < -0.39 is 224 Å². The molecule has 43 nitrogen and oxygen atoms in total. The van der Waals surface area contributed by atoms with Crippen LogP contribution in [-0.4, -0.2) is 262 Å². The van der Waals surface area contributed by atoms with Gasteiger partial charge in [0.05, 0.1) is 24.8 Å². The van der Waals surface area contributed by atoms with Gasteiger partial charge < -0.3 is 122 Å². The summed E-state index contributed by atoms with van der Waals surface area (Å²) in [6.07, 6.45) is -3.91. The third kappa shape index (κ3) is 28.4. The number of aliphatic hydroxyl groups excluding tert-OH is 1. The van der Waals surface area contributed by atoms with Gasteiger partial charge in [-0.05, 0) is 100 Å². The minimum Gasteiger partial charge on any atom is -0.508 e. The van der Waals surface area contributed by atoms with Crippen molar-refractivity contribution in [3.63, 3.8) is 0 Å². The number of carboxylic acids is 2. The van der Waals surface area contributed by atoms with Crippen molar-refractivity contribution in [2.75, 3.05) is 37.7 Å². The lowest BCUT2D eigenvalue weighted by Gasteiger charge is -2.31. The topological polar surface area (TPSA) is 688 Å². The molecule has 15 amide bonds. The highest BCUT2D eigenvalue weighted by Gasteiger charge is 2.43. The van der Waals surface area contributed by atoms with E-state index in [1.807, 2.05) is 0 Å². The van der Waals surface area contributed by atoms with Crippen LogP contribution >= 0.6 is 25.3 Å². The number of nitrogens with two attached hydrogens (primary N) is 4. The summed E-state index contributed by atoms with van der Waals surface area (Å²) in [5.74, 6) is -18.7. The van der Waals surface area contributed by atoms with Gasteiger partial charge in [0.2, 0.25) is 76.8 Å². The lowest BCUT2D eigenvalue weighted by Crippen LogP contribution is -2.62. The number of aromatic amines is 1. The van der Waals surface area contributed by atoms with Crippen LogP contribution in [0.1, 0.15) is 94.4 Å². The quantitative estimate of drug-likeness (QED) is 0.0114. The maximum atomic E-state index is 15.1. The first kappa shape index (κ1) is 90.0. The van der Waals surface area contributed by atoms with Gasteiger partial charge in [0, 0.05) is 80.2 Å². The molecule has 0 spiro atoms. The summed E-state index contributed by atoms with van der Waals surface area (Å²) in [7, 11) is 0. The number of phenolic OH excluding ortho intramolecular Hbond substituents is 1. The first-order valence-corrected chi connectivity index (χ1v) is 37.2. The number of phenols is 1. The van der Waals surface area contributed by atoms with E-state index in [4.69, 9.17) is 28.3 Å². The predicted octanol–water partition coefficient (Wildman–Crippen LogP) is -7.65. The molecule has 2 aliphatic rings. The Bertz CT molecular complexity index is 4090. The number of aromatic nitrogens is 4. The summed E-state index contributed by atoms with van der Waals surface area (Å²) < 4.78 is 1.15. The lowest BCUT2D eigenvalue weighted by molar-refractivity contribution is -0.146. The smallest absolute Gasteiger partial charge is 0.326 e. The molecule has 2 aromatic heterocycles. The van der Waals surface area contributed by atoms with E-state index >= 15 is 4.79 Å². The summed E-state index contributed by atoms with van der Waals surface area (Å²) in [5.41, 5.74) is 23.3. The third-order valence-corrected chi connectivity index (χ3v) is 18.9. The Labute approximate surface area is 656 Å². The molecule has 4 heterocycles. The molecule has 1 unspecified atom stereocenters. The van der Waals surface area contributed by atoms with E-state index in [0.717, 1.165) is 16.5 Å². The van der Waals surface area contributed by atoms with Crippen molar-refractivity contribution in [3.05, 3.63) is 77.7 Å². The van der Waals surface area contributed by atoms with Crippen LogP contribution < -0.4 is 92.1 Å². The van der Waals surface area contributed by atoms with Gasteiger partial charge in [0.15, 0.2) is 5.96 Å². The molecule has 2 aliphatic heterocycles. The molecular weight excluding hydrogens is 1520 g/mol. The van der Waals surface area contributed by atoms with Crippen molar-refractivity contribution in [2.24, 2.45) is 22.9 Å². The van der Waals surface area contributed by atoms with Gasteiger partial charge in [-0.2, -0.15) is 25.3 Å². The molecule has 616 valence electrons. The number of carbonyl (C=O) groups excluding carboxylic acids is 14. The first-order chi connectivity index (χ1) is 53.7. The fourth-order valence-electron chi connectivity index (χ4n) is 12.2. The van der Waals surface area contributed by atoms with Crippen molar-refractivity contribution < 1.29 is 97.1 Å². The van der Waals surface area contributed by atoms with Gasteiger partial charge in [-0.15, -0.1) is 5.10 Å². The van der Waals surface area contributed by atoms with E-state index in [0.29, 0.717) is 22.0 Å². The van der Waals surface area contributed by atoms with Gasteiger partial charge in [0.1, 0.15) is 78.3 Å². The lowest BCUT2D eigenvalue weighted by atomic mass is 10.0. The molecule has 27 N–H and O–H groups in total. The number of carbonyl (C=O) groups is 16. The van der Waals surface area contributed by atoms with Crippen molar-refractivity contribution in [3.8, 4) is 5.75 Å². The Hall–Kier alpha value is -11.9. The van der Waals surface area contributed by atoms with Crippen LogP contribution in [0.25, 0.3) is 10.9 Å². The Morgan fingerprint density at radius 3 is 1.89 bits per heavy atom. The number of benzene rings is 2. The van der Waals surface area contributed by atoms with Crippen LogP contribution in [-0.2, 0) is 97.7 Å². The van der Waals surface area contributed by atoms with Crippen LogP contribution in [0.4, 0.5) is 4.79 Å². The molecule has 0 radical (unpaired) electrons. The zero-order valence-corrected chi connectivity index (χ0v) is 63.2. The van der Waals surface area contributed by atoms with Crippen LogP contribution in [0.3, 0.4) is 0 Å². The van der Waals surface area contributed by atoms with Crippen LogP contribution in [0, 0.1) is 5.41 Å². The van der Waals surface area contributed by atoms with E-state index in [2.05, 4.69) is 110 Å². The molecule has 1 fully saturated rings. The molecule has 45 heteroatoms. The maximum Gasteiger partial charge on any atom is 0.326 e. The number of guanidine groups is 1. The molecule has 2 bridgehead atoms. The number of nitrogens with one attached hydrogen (secondary N) is 15. The molecule has 0 saturated carbocycles. The van der Waals surface area contributed by atoms with Gasteiger partial charge in [-0.1, -0.05) is 35.5 Å². The number of rotatable bonds is 27. The zero-order chi connectivity index (χ0) is 83.2. The number of thiol groups is 2. The SMILES string of the molecule is C[C@@H](O)[C@@H]1NC(=O)[C@@H](NC(=O)[C@H](CS)NC(=O)CN)CCn2cc(nn2)CCC(C(=O)N[C@@H](Cc2ccc(O)cc2)C(=O)O)NC(=O)[C@H](CCC(N)=O)NC(=O)[C@H](Cc2c[nH]c3ccccc23)NC(=O)[C@H](CCCNC(N)=O)NC(=O)[C@H](CS)NC(=O)[C@H](CCCNC(=N)N)NC(=O)[C@@H]2CCCN2C(=O)[C@H](CC(=O)O)NC1=O. The van der Waals surface area contributed by atoms with Gasteiger partial charge in [0.25, 0.3) is 0 Å². The number of aromatic hydroxyl groups is 1. The number of fused-ring (bicyclic) bond motifs is 4. The van der Waals surface area contributed by atoms with E-state index in [9.17, 15) is 92.3 Å². The first-order valence-electron chi connectivity index (χ1n) is 36.0. The number of primary amides is 2. The van der Waals surface area contributed by atoms with Crippen LogP contribution in [0.2, 0.25) is 0 Å². The van der Waals surface area contributed by atoms with Gasteiger partial charge >= 0.3 is 18.0 Å². The fraction of sp³-hybridized carbons (Fsp3) is 0.515. The van der Waals surface area contributed by atoms with Gasteiger partial charge in [-0.25, -0.2) is 9.59 Å². The molecular formula is C68H97N23O20S2. The Balaban J connectivity index is 1.47. The number of H-pyrrole nitrogens is 1. The predicted molar refractivity (Wildman–Crippen MR) is 405 cm³/mol. The Morgan fingerprint density at radius 1 is 0.681 bits per heavy atom. The second-order valence-corrected chi connectivity index (χ2v) is 27.5. The number of amides is 15. The van der Waals surface area contributed by atoms with E-state index in [1.165, 1.54) is 36.7 Å². The molecule has 113 heavy (non-hydrogen) atoms. The number of aliphatic hydroxyl groups is 1. The van der Waals surface area contributed by atoms with Crippen LogP contribution in [0.15, 0.2) is 60.9 Å². The number of hydrogen-bond acceptors (Lipinski definition) is 24. The summed E-state index contributed by atoms with van der Waals surface area (Å²) in [6, 6.07) is -9.42. The second kappa shape index (κ2) is 44.2. The highest BCUT2D eigenvalue weighted by atomic mass is 32.1. The summed E-state index contributed by atoms with van der Waals surface area (Å²) >= 11 is 8.48. The average Bonchev–Trinajstić information content (AvgIpc) is 1.63. The van der Waals surface area contributed by atoms with E-state index in [-0.39, 0.29) is 101 Å². The van der Waals surface area contributed by atoms with Crippen molar-refractivity contribution >= 4 is 137 Å². The molecule has 1 saturated heterocycles. The monoisotopic (exact) mass is 1620 g/mol. The number of aryl methyl sites for hydroxylation is 2. The number of urea groups is 1. The normalized spacial score (nSPS) is 22.5. The van der Waals surface area contributed by atoms with Crippen LogP contribution in [0.5, 0.6) is 5.75 Å². The Kier molecular flexibility index (Phi) is 35.2. The number of nitrogens with zero attached hydrogens (tertiary/aromatic N) is 4. The highest BCUT2D eigenvalue weighted by Crippen LogP contribution is 2.23. The van der Waals surface area contributed by atoms with Crippen molar-refractivity contribution in [1.29, 1.82) is 5.41 Å². The minimum absolute atomic E-state index is 0.00238. The molecule has 2 aromatic carbocycles. The zero-order valence-electron chi connectivity index (χ0n) is 61.4. The standard InChI is InChI=1S/C68H97N23O20S2/c1-33(92)54-64(107)84-46(27-53(96)97)65(108)91-23-6-11-50(91)63(106)82-41(9-4-21-74-67(71)72)56(99)86-49(32-113)62(105)78-40(10-5-22-75-68(73)111)55(98)83-45(26-35-29-76-39-8-3-2-7-38(35)39)60(103)80-43(18-19-51(70)94)57(100)79-42(58(101)85-47(66(109)110)25-34-12-15-37(93)16-13-34)17-14-36-30-90(89-88-36)24-20-44(59(102)87-54)81-61(104)48(31-112)77-52(95)28-69/h2-3,7-8,12-13,15-16,29-30,33,40-50,54,76,92-93,112-113H,4-6,9-11,14,17-28,31-32,69H2,1H3,(H2,70,94)(H,77,95)(H,78,105)(H,79,100)(H,80,103)(H,81,104)(H,82,106)(H,83,98)(H,84,107)(H,85,101)(H,86,99)(H,87,102)(H,96,97)(H,109,110)(H4,71,72,74)(H3,73,75,111)/t33-,40+,41+,42?,43+,44+,45+,46+,47+,48+,49+,50+,54+/m1/s1.